The molecule has 19 heavy (non-hydrogen) atoms. The van der Waals surface area contributed by atoms with E-state index in [0.29, 0.717) is 6.04 Å². The molecule has 1 fully saturated rings. The lowest BCUT2D eigenvalue weighted by atomic mass is 10.1. The van der Waals surface area contributed by atoms with Crippen molar-refractivity contribution in [3.63, 3.8) is 0 Å². The van der Waals surface area contributed by atoms with Crippen LogP contribution in [0.25, 0.3) is 0 Å². The van der Waals surface area contributed by atoms with E-state index in [9.17, 15) is 0 Å². The Hall–Kier alpha value is -0.540. The van der Waals surface area contributed by atoms with Crippen molar-refractivity contribution in [2.45, 2.75) is 52.1 Å². The molecule has 0 aliphatic heterocycles. The molecule has 0 radical (unpaired) electrons. The van der Waals surface area contributed by atoms with Gasteiger partial charge in [-0.1, -0.05) is 42.6 Å². The molecule has 0 bridgehead atoms. The Morgan fingerprint density at radius 2 is 2.05 bits per heavy atom. The molecule has 1 aromatic carbocycles. The van der Waals surface area contributed by atoms with E-state index in [0.717, 1.165) is 29.3 Å². The summed E-state index contributed by atoms with van der Waals surface area (Å²) in [7, 11) is 0. The lowest BCUT2D eigenvalue weighted by molar-refractivity contribution is 0.249. The molecule has 0 saturated heterocycles. The minimum absolute atomic E-state index is 0.488. The van der Waals surface area contributed by atoms with Crippen LogP contribution in [-0.4, -0.2) is 12.6 Å². The normalized spacial score (nSPS) is 16.2. The van der Waals surface area contributed by atoms with Crippen molar-refractivity contribution in [2.24, 2.45) is 5.92 Å². The fourth-order valence-corrected chi connectivity index (χ4v) is 2.93. The molecule has 0 heterocycles. The average molecular weight is 326 g/mol. The van der Waals surface area contributed by atoms with E-state index in [-0.39, 0.29) is 0 Å². The predicted octanol–water partition coefficient (Wildman–Crippen LogP) is 4.52. The van der Waals surface area contributed by atoms with Gasteiger partial charge in [-0.05, 0) is 37.0 Å². The monoisotopic (exact) mass is 325 g/mol. The fourth-order valence-electron chi connectivity index (χ4n) is 2.53. The topological polar surface area (TPSA) is 21.3 Å². The number of halogens is 1. The third-order valence-corrected chi connectivity index (χ3v) is 4.17. The first kappa shape index (κ1) is 14.9. The van der Waals surface area contributed by atoms with Crippen molar-refractivity contribution in [3.8, 4) is 5.75 Å². The van der Waals surface area contributed by atoms with E-state index in [1.807, 2.05) is 0 Å². The van der Waals surface area contributed by atoms with Gasteiger partial charge >= 0.3 is 0 Å². The van der Waals surface area contributed by atoms with Crippen molar-refractivity contribution in [3.05, 3.63) is 28.2 Å². The van der Waals surface area contributed by atoms with Crippen LogP contribution in [0.1, 0.15) is 45.1 Å². The second-order valence-electron chi connectivity index (χ2n) is 5.75. The van der Waals surface area contributed by atoms with E-state index in [2.05, 4.69) is 53.3 Å². The van der Waals surface area contributed by atoms with Crippen LogP contribution in [-0.2, 0) is 6.54 Å². The predicted molar refractivity (Wildman–Crippen MR) is 83.6 cm³/mol. The van der Waals surface area contributed by atoms with E-state index in [1.165, 1.54) is 31.2 Å². The highest BCUT2D eigenvalue weighted by molar-refractivity contribution is 9.10. The quantitative estimate of drug-likeness (QED) is 0.830. The van der Waals surface area contributed by atoms with Gasteiger partial charge in [0, 0.05) is 22.6 Å². The Balaban J connectivity index is 1.96. The molecule has 0 spiro atoms. The third kappa shape index (κ3) is 4.81. The number of rotatable bonds is 6. The standard InChI is InChI=1S/C16H24BrNO/c1-12(2)18-10-14-9-15(17)7-8-16(14)19-11-13-5-3-4-6-13/h7-9,12-13,18H,3-6,10-11H2,1-2H3. The van der Waals surface area contributed by atoms with Gasteiger partial charge in [-0.3, -0.25) is 0 Å². The third-order valence-electron chi connectivity index (χ3n) is 3.67. The second-order valence-corrected chi connectivity index (χ2v) is 6.66. The fraction of sp³-hybridized carbons (Fsp3) is 0.625. The molecule has 106 valence electrons. The zero-order chi connectivity index (χ0) is 13.7. The number of ether oxygens (including phenoxy) is 1. The van der Waals surface area contributed by atoms with Crippen LogP contribution in [0.2, 0.25) is 0 Å². The summed E-state index contributed by atoms with van der Waals surface area (Å²) in [5, 5.41) is 3.46. The Morgan fingerprint density at radius 1 is 1.32 bits per heavy atom. The highest BCUT2D eigenvalue weighted by atomic mass is 79.9. The summed E-state index contributed by atoms with van der Waals surface area (Å²) in [5.41, 5.74) is 1.24. The van der Waals surface area contributed by atoms with Gasteiger partial charge in [-0.25, -0.2) is 0 Å². The summed E-state index contributed by atoms with van der Waals surface area (Å²) in [6, 6.07) is 6.78. The van der Waals surface area contributed by atoms with Crippen molar-refractivity contribution in [2.75, 3.05) is 6.61 Å². The number of hydrogen-bond donors (Lipinski definition) is 1. The molecule has 1 N–H and O–H groups in total. The van der Waals surface area contributed by atoms with Crippen molar-refractivity contribution in [1.82, 2.24) is 5.32 Å². The average Bonchev–Trinajstić information content (AvgIpc) is 2.88. The first-order chi connectivity index (χ1) is 9.15. The molecule has 2 nitrogen and oxygen atoms in total. The van der Waals surface area contributed by atoms with E-state index < -0.39 is 0 Å². The van der Waals surface area contributed by atoms with Gasteiger partial charge in [0.25, 0.3) is 0 Å². The lowest BCUT2D eigenvalue weighted by Crippen LogP contribution is -2.22. The Kier molecular flexibility index (Phi) is 5.71. The maximum atomic E-state index is 6.05. The van der Waals surface area contributed by atoms with Gasteiger partial charge in [0.1, 0.15) is 5.75 Å². The summed E-state index contributed by atoms with van der Waals surface area (Å²) in [5.74, 6) is 1.79. The van der Waals surface area contributed by atoms with Gasteiger partial charge < -0.3 is 10.1 Å². The summed E-state index contributed by atoms with van der Waals surface area (Å²) in [6.07, 6.45) is 5.40. The Bertz CT molecular complexity index is 400. The van der Waals surface area contributed by atoms with Crippen LogP contribution >= 0.6 is 15.9 Å². The molecule has 1 aliphatic rings. The Morgan fingerprint density at radius 3 is 2.74 bits per heavy atom. The van der Waals surface area contributed by atoms with Crippen LogP contribution in [0.15, 0.2) is 22.7 Å². The highest BCUT2D eigenvalue weighted by Crippen LogP contribution is 2.28. The zero-order valence-electron chi connectivity index (χ0n) is 11.9. The maximum Gasteiger partial charge on any atom is 0.123 e. The van der Waals surface area contributed by atoms with Gasteiger partial charge in [0.15, 0.2) is 0 Å². The van der Waals surface area contributed by atoms with Crippen molar-refractivity contribution in [1.29, 1.82) is 0 Å². The minimum Gasteiger partial charge on any atom is -0.493 e. The van der Waals surface area contributed by atoms with Crippen LogP contribution in [0.3, 0.4) is 0 Å². The molecule has 1 aromatic rings. The molecule has 3 heteroatoms. The van der Waals surface area contributed by atoms with Crippen LogP contribution in [0, 0.1) is 5.92 Å². The number of nitrogens with one attached hydrogen (secondary N) is 1. The maximum absolute atomic E-state index is 6.05. The molecule has 2 rings (SSSR count). The van der Waals surface area contributed by atoms with Gasteiger partial charge in [-0.15, -0.1) is 0 Å². The summed E-state index contributed by atoms with van der Waals surface area (Å²) in [4.78, 5) is 0. The molecular formula is C16H24BrNO. The smallest absolute Gasteiger partial charge is 0.123 e. The van der Waals surface area contributed by atoms with Gasteiger partial charge in [0.2, 0.25) is 0 Å². The van der Waals surface area contributed by atoms with Gasteiger partial charge in [-0.2, -0.15) is 0 Å². The first-order valence-electron chi connectivity index (χ1n) is 7.30. The number of hydrogen-bond acceptors (Lipinski definition) is 2. The molecule has 0 unspecified atom stereocenters. The van der Waals surface area contributed by atoms with Crippen LogP contribution in [0.5, 0.6) is 5.75 Å². The zero-order valence-corrected chi connectivity index (χ0v) is 13.5. The van der Waals surface area contributed by atoms with Crippen molar-refractivity contribution >= 4 is 15.9 Å². The van der Waals surface area contributed by atoms with Crippen LogP contribution in [0.4, 0.5) is 0 Å². The summed E-state index contributed by atoms with van der Waals surface area (Å²) < 4.78 is 7.16. The highest BCUT2D eigenvalue weighted by Gasteiger charge is 2.16. The number of benzene rings is 1. The van der Waals surface area contributed by atoms with E-state index >= 15 is 0 Å². The molecular weight excluding hydrogens is 302 g/mol. The SMILES string of the molecule is CC(C)NCc1cc(Br)ccc1OCC1CCCC1. The lowest BCUT2D eigenvalue weighted by Gasteiger charge is -2.16. The minimum atomic E-state index is 0.488. The summed E-state index contributed by atoms with van der Waals surface area (Å²) in [6.45, 7) is 6.06. The van der Waals surface area contributed by atoms with Crippen molar-refractivity contribution < 1.29 is 4.74 Å². The molecule has 1 aliphatic carbocycles. The van der Waals surface area contributed by atoms with Crippen LogP contribution < -0.4 is 10.1 Å². The molecule has 0 amide bonds. The summed E-state index contributed by atoms with van der Waals surface area (Å²) >= 11 is 3.54. The van der Waals surface area contributed by atoms with Gasteiger partial charge in [0.05, 0.1) is 6.61 Å². The van der Waals surface area contributed by atoms with E-state index in [1.54, 1.807) is 0 Å². The first-order valence-corrected chi connectivity index (χ1v) is 8.09. The Labute approximate surface area is 125 Å². The molecule has 1 saturated carbocycles. The van der Waals surface area contributed by atoms with E-state index in [4.69, 9.17) is 4.74 Å². The largest absolute Gasteiger partial charge is 0.493 e. The molecule has 0 atom stereocenters. The second kappa shape index (κ2) is 7.30. The molecule has 0 aromatic heterocycles.